The number of carbonyl (C=O) groups is 1. The van der Waals surface area contributed by atoms with Gasteiger partial charge in [-0.2, -0.15) is 0 Å². The molecule has 0 unspecified atom stereocenters. The number of pyridine rings is 1. The highest BCUT2D eigenvalue weighted by Gasteiger charge is 2.18. The number of carbonyl (C=O) groups excluding carboxylic acids is 1. The van der Waals surface area contributed by atoms with Gasteiger partial charge in [0.05, 0.1) is 5.69 Å². The lowest BCUT2D eigenvalue weighted by atomic mass is 10.2. The minimum atomic E-state index is -0.190. The van der Waals surface area contributed by atoms with Gasteiger partial charge in [0.1, 0.15) is 17.1 Å². The van der Waals surface area contributed by atoms with Gasteiger partial charge >= 0.3 is 0 Å². The third-order valence-electron chi connectivity index (χ3n) is 3.60. The Bertz CT molecular complexity index is 856. The first-order valence-electron chi connectivity index (χ1n) is 7.31. The summed E-state index contributed by atoms with van der Waals surface area (Å²) < 4.78 is 1.75. The molecule has 0 spiro atoms. The zero-order chi connectivity index (χ0) is 16.4. The van der Waals surface area contributed by atoms with Crippen molar-refractivity contribution < 1.29 is 9.90 Å². The van der Waals surface area contributed by atoms with Crippen LogP contribution in [0.25, 0.3) is 5.65 Å². The number of hydrogen-bond acceptors (Lipinski definition) is 3. The molecular weight excluding hydrogens is 314 g/mol. The molecule has 2 heterocycles. The van der Waals surface area contributed by atoms with E-state index in [0.29, 0.717) is 29.3 Å². The van der Waals surface area contributed by atoms with Crippen molar-refractivity contribution in [3.05, 3.63) is 64.6 Å². The number of amides is 1. The fourth-order valence-corrected chi connectivity index (χ4v) is 2.59. The van der Waals surface area contributed by atoms with Crippen LogP contribution in [0.15, 0.2) is 42.6 Å². The SMILES string of the molecule is CCc1nc2cc(Cl)ccn2c1C(=O)NCc1ccc(O)cc1. The topological polar surface area (TPSA) is 66.6 Å². The average molecular weight is 330 g/mol. The third-order valence-corrected chi connectivity index (χ3v) is 3.83. The fourth-order valence-electron chi connectivity index (χ4n) is 2.44. The molecule has 0 saturated carbocycles. The van der Waals surface area contributed by atoms with Gasteiger partial charge in [-0.15, -0.1) is 0 Å². The van der Waals surface area contributed by atoms with E-state index < -0.39 is 0 Å². The Morgan fingerprint density at radius 1 is 1.30 bits per heavy atom. The summed E-state index contributed by atoms with van der Waals surface area (Å²) in [6.45, 7) is 2.34. The van der Waals surface area contributed by atoms with E-state index in [1.54, 1.807) is 47.0 Å². The molecule has 0 saturated heterocycles. The average Bonchev–Trinajstić information content (AvgIpc) is 2.91. The molecule has 2 N–H and O–H groups in total. The zero-order valence-corrected chi connectivity index (χ0v) is 13.3. The Labute approximate surface area is 138 Å². The minimum absolute atomic E-state index is 0.190. The Morgan fingerprint density at radius 2 is 2.04 bits per heavy atom. The normalized spacial score (nSPS) is 10.9. The number of imidazole rings is 1. The molecule has 0 atom stereocenters. The molecule has 2 aromatic heterocycles. The quantitative estimate of drug-likeness (QED) is 0.772. The van der Waals surface area contributed by atoms with Crippen molar-refractivity contribution in [3.63, 3.8) is 0 Å². The zero-order valence-electron chi connectivity index (χ0n) is 12.6. The van der Waals surface area contributed by atoms with E-state index >= 15 is 0 Å². The van der Waals surface area contributed by atoms with Crippen molar-refractivity contribution in [1.82, 2.24) is 14.7 Å². The van der Waals surface area contributed by atoms with Crippen LogP contribution in [0.3, 0.4) is 0 Å². The van der Waals surface area contributed by atoms with E-state index in [1.165, 1.54) is 0 Å². The molecule has 3 rings (SSSR count). The molecule has 0 fully saturated rings. The van der Waals surface area contributed by atoms with Crippen LogP contribution in [0.4, 0.5) is 0 Å². The van der Waals surface area contributed by atoms with Crippen molar-refractivity contribution in [2.75, 3.05) is 0 Å². The predicted molar refractivity (Wildman–Crippen MR) is 88.9 cm³/mol. The van der Waals surface area contributed by atoms with Gasteiger partial charge in [0, 0.05) is 23.8 Å². The fraction of sp³-hybridized carbons (Fsp3) is 0.176. The Kier molecular flexibility index (Phi) is 4.21. The molecule has 1 aromatic carbocycles. The molecule has 0 aliphatic carbocycles. The lowest BCUT2D eigenvalue weighted by Crippen LogP contribution is -2.25. The summed E-state index contributed by atoms with van der Waals surface area (Å²) in [6, 6.07) is 10.2. The summed E-state index contributed by atoms with van der Waals surface area (Å²) in [7, 11) is 0. The van der Waals surface area contributed by atoms with Crippen LogP contribution >= 0.6 is 11.6 Å². The number of phenolic OH excluding ortho intramolecular Hbond substituents is 1. The van der Waals surface area contributed by atoms with Crippen molar-refractivity contribution in [2.45, 2.75) is 19.9 Å². The van der Waals surface area contributed by atoms with Gasteiger partial charge in [0.2, 0.25) is 0 Å². The van der Waals surface area contributed by atoms with Gasteiger partial charge in [-0.05, 0) is 30.2 Å². The highest BCUT2D eigenvalue weighted by Crippen LogP contribution is 2.18. The van der Waals surface area contributed by atoms with Crippen LogP contribution in [0.2, 0.25) is 5.02 Å². The molecule has 3 aromatic rings. The minimum Gasteiger partial charge on any atom is -0.508 e. The van der Waals surface area contributed by atoms with E-state index in [1.807, 2.05) is 6.92 Å². The van der Waals surface area contributed by atoms with Crippen molar-refractivity contribution in [2.24, 2.45) is 0 Å². The first-order chi connectivity index (χ1) is 11.1. The summed E-state index contributed by atoms with van der Waals surface area (Å²) in [5.74, 6) is 0.0109. The molecular formula is C17H16ClN3O2. The summed E-state index contributed by atoms with van der Waals surface area (Å²) in [5.41, 5.74) is 2.82. The maximum Gasteiger partial charge on any atom is 0.270 e. The number of aromatic hydroxyl groups is 1. The molecule has 1 amide bonds. The van der Waals surface area contributed by atoms with Gasteiger partial charge in [-0.25, -0.2) is 4.98 Å². The van der Waals surface area contributed by atoms with Crippen LogP contribution in [0, 0.1) is 0 Å². The highest BCUT2D eigenvalue weighted by atomic mass is 35.5. The molecule has 0 bridgehead atoms. The second-order valence-electron chi connectivity index (χ2n) is 5.18. The molecule has 6 heteroatoms. The first-order valence-corrected chi connectivity index (χ1v) is 7.69. The number of benzene rings is 1. The van der Waals surface area contributed by atoms with Crippen molar-refractivity contribution >= 4 is 23.2 Å². The van der Waals surface area contributed by atoms with Crippen LogP contribution in [0.1, 0.15) is 28.7 Å². The van der Waals surface area contributed by atoms with E-state index in [9.17, 15) is 9.90 Å². The summed E-state index contributed by atoms with van der Waals surface area (Å²) in [6.07, 6.45) is 2.40. The number of aryl methyl sites for hydroxylation is 1. The standard InChI is InChI=1S/C17H16ClN3O2/c1-2-14-16(21-8-7-12(18)9-15(21)20-14)17(23)19-10-11-3-5-13(22)6-4-11/h3-9,22H,2,10H2,1H3,(H,19,23). The number of hydrogen-bond donors (Lipinski definition) is 2. The van der Waals surface area contributed by atoms with Crippen molar-refractivity contribution in [3.8, 4) is 5.75 Å². The van der Waals surface area contributed by atoms with E-state index in [2.05, 4.69) is 10.3 Å². The summed E-state index contributed by atoms with van der Waals surface area (Å²) >= 11 is 5.98. The number of aromatic nitrogens is 2. The largest absolute Gasteiger partial charge is 0.508 e. The van der Waals surface area contributed by atoms with Crippen LogP contribution in [-0.4, -0.2) is 20.4 Å². The van der Waals surface area contributed by atoms with Crippen LogP contribution in [0.5, 0.6) is 5.75 Å². The number of phenols is 1. The number of nitrogens with one attached hydrogen (secondary N) is 1. The number of fused-ring (bicyclic) bond motifs is 1. The van der Waals surface area contributed by atoms with Crippen LogP contribution < -0.4 is 5.32 Å². The summed E-state index contributed by atoms with van der Waals surface area (Å²) in [5, 5.41) is 12.8. The predicted octanol–water partition coefficient (Wildman–Crippen LogP) is 3.19. The Hall–Kier alpha value is -2.53. The van der Waals surface area contributed by atoms with Crippen molar-refractivity contribution in [1.29, 1.82) is 0 Å². The van der Waals surface area contributed by atoms with Gasteiger partial charge < -0.3 is 10.4 Å². The monoisotopic (exact) mass is 329 g/mol. The summed E-state index contributed by atoms with van der Waals surface area (Å²) in [4.78, 5) is 17.0. The van der Waals surface area contributed by atoms with Gasteiger partial charge in [0.15, 0.2) is 0 Å². The second-order valence-corrected chi connectivity index (χ2v) is 5.62. The molecule has 5 nitrogen and oxygen atoms in total. The highest BCUT2D eigenvalue weighted by molar-refractivity contribution is 6.30. The molecule has 23 heavy (non-hydrogen) atoms. The number of rotatable bonds is 4. The first kappa shape index (κ1) is 15.4. The molecule has 0 aliphatic rings. The lowest BCUT2D eigenvalue weighted by molar-refractivity contribution is 0.0944. The molecule has 118 valence electrons. The molecule has 0 radical (unpaired) electrons. The lowest BCUT2D eigenvalue weighted by Gasteiger charge is -2.07. The number of nitrogens with zero attached hydrogens (tertiary/aromatic N) is 2. The Morgan fingerprint density at radius 3 is 2.74 bits per heavy atom. The number of halogens is 1. The maximum atomic E-state index is 12.6. The van der Waals surface area contributed by atoms with Gasteiger partial charge in [0.25, 0.3) is 5.91 Å². The maximum absolute atomic E-state index is 12.6. The van der Waals surface area contributed by atoms with Crippen LogP contribution in [-0.2, 0) is 13.0 Å². The second kappa shape index (κ2) is 6.30. The molecule has 0 aliphatic heterocycles. The van der Waals surface area contributed by atoms with E-state index in [-0.39, 0.29) is 11.7 Å². The Balaban J connectivity index is 1.86. The van der Waals surface area contributed by atoms with Gasteiger partial charge in [-0.3, -0.25) is 9.20 Å². The van der Waals surface area contributed by atoms with E-state index in [0.717, 1.165) is 11.3 Å². The van der Waals surface area contributed by atoms with Gasteiger partial charge in [-0.1, -0.05) is 30.7 Å². The third kappa shape index (κ3) is 3.14. The van der Waals surface area contributed by atoms with E-state index in [4.69, 9.17) is 11.6 Å². The smallest absolute Gasteiger partial charge is 0.270 e.